The average Bonchev–Trinajstić information content (AvgIpc) is 2.93. The van der Waals surface area contributed by atoms with Gasteiger partial charge in [-0.15, -0.1) is 0 Å². The Kier molecular flexibility index (Phi) is 4.20. The number of rotatable bonds is 3. The van der Waals surface area contributed by atoms with E-state index in [1.165, 1.54) is 12.1 Å². The van der Waals surface area contributed by atoms with Gasteiger partial charge in [-0.1, -0.05) is 5.16 Å². The van der Waals surface area contributed by atoms with Crippen molar-refractivity contribution in [2.75, 3.05) is 31.1 Å². The number of benzene rings is 1. The second kappa shape index (κ2) is 6.31. The first kappa shape index (κ1) is 16.0. The van der Waals surface area contributed by atoms with Crippen LogP contribution in [0.4, 0.5) is 11.4 Å². The quantitative estimate of drug-likeness (QED) is 0.632. The maximum absolute atomic E-state index is 12.6. The monoisotopic (exact) mass is 330 g/mol. The van der Waals surface area contributed by atoms with Gasteiger partial charge in [-0.25, -0.2) is 0 Å². The number of nitrogens with zero attached hydrogens (tertiary/aromatic N) is 4. The Morgan fingerprint density at radius 1 is 1.17 bits per heavy atom. The second-order valence-electron chi connectivity index (χ2n) is 5.75. The lowest BCUT2D eigenvalue weighted by molar-refractivity contribution is -0.384. The minimum absolute atomic E-state index is 0.0606. The van der Waals surface area contributed by atoms with Gasteiger partial charge in [0, 0.05) is 44.0 Å². The van der Waals surface area contributed by atoms with Gasteiger partial charge in [0.2, 0.25) is 0 Å². The predicted octanol–water partition coefficient (Wildman–Crippen LogP) is 2.16. The van der Waals surface area contributed by atoms with Crippen LogP contribution in [0.2, 0.25) is 0 Å². The highest BCUT2D eigenvalue weighted by atomic mass is 16.6. The van der Waals surface area contributed by atoms with E-state index in [1.807, 2.05) is 0 Å². The Hall–Kier alpha value is -2.90. The number of nitro benzene ring substituents is 1. The van der Waals surface area contributed by atoms with Crippen LogP contribution in [0.3, 0.4) is 0 Å². The van der Waals surface area contributed by atoms with E-state index >= 15 is 0 Å². The van der Waals surface area contributed by atoms with Crippen LogP contribution in [0, 0.1) is 24.0 Å². The average molecular weight is 330 g/mol. The Morgan fingerprint density at radius 2 is 1.79 bits per heavy atom. The van der Waals surface area contributed by atoms with Crippen molar-refractivity contribution in [3.8, 4) is 0 Å². The normalized spacial score (nSPS) is 14.8. The summed E-state index contributed by atoms with van der Waals surface area (Å²) < 4.78 is 5.07. The van der Waals surface area contributed by atoms with Gasteiger partial charge >= 0.3 is 0 Å². The number of aryl methyl sites for hydroxylation is 2. The van der Waals surface area contributed by atoms with Gasteiger partial charge in [-0.3, -0.25) is 14.9 Å². The van der Waals surface area contributed by atoms with Gasteiger partial charge in [-0.05, 0) is 26.0 Å². The molecule has 0 unspecified atom stereocenters. The molecule has 0 saturated carbocycles. The summed E-state index contributed by atoms with van der Waals surface area (Å²) in [5.41, 5.74) is 2.14. The first-order valence-electron chi connectivity index (χ1n) is 7.69. The molecule has 126 valence electrons. The Labute approximate surface area is 138 Å². The van der Waals surface area contributed by atoms with Crippen LogP contribution in [-0.2, 0) is 0 Å². The van der Waals surface area contributed by atoms with Crippen molar-refractivity contribution in [3.05, 3.63) is 51.4 Å². The first-order chi connectivity index (χ1) is 11.5. The molecule has 8 nitrogen and oxygen atoms in total. The number of anilines is 1. The molecule has 1 aromatic heterocycles. The van der Waals surface area contributed by atoms with Crippen molar-refractivity contribution in [3.63, 3.8) is 0 Å². The molecule has 1 amide bonds. The number of carbonyl (C=O) groups is 1. The van der Waals surface area contributed by atoms with Crippen molar-refractivity contribution in [2.24, 2.45) is 0 Å². The summed E-state index contributed by atoms with van der Waals surface area (Å²) in [6.45, 7) is 6.01. The number of piperazine rings is 1. The standard InChI is InChI=1S/C16H18N4O4/c1-11-15(12(2)24-17-11)16(21)19-9-7-18(8-10-19)13-3-5-14(6-4-13)20(22)23/h3-6H,7-10H2,1-2H3. The van der Waals surface area contributed by atoms with E-state index in [-0.39, 0.29) is 11.6 Å². The first-order valence-corrected chi connectivity index (χ1v) is 7.69. The van der Waals surface area contributed by atoms with Crippen molar-refractivity contribution in [2.45, 2.75) is 13.8 Å². The number of hydrogen-bond acceptors (Lipinski definition) is 6. The molecule has 3 rings (SSSR count). The van der Waals surface area contributed by atoms with Crippen molar-refractivity contribution >= 4 is 17.3 Å². The zero-order valence-electron chi connectivity index (χ0n) is 13.6. The summed E-state index contributed by atoms with van der Waals surface area (Å²) in [6.07, 6.45) is 0. The van der Waals surface area contributed by atoms with E-state index in [0.29, 0.717) is 43.2 Å². The van der Waals surface area contributed by atoms with E-state index in [1.54, 1.807) is 30.9 Å². The minimum atomic E-state index is -0.413. The maximum atomic E-state index is 12.6. The summed E-state index contributed by atoms with van der Waals surface area (Å²) in [7, 11) is 0. The number of hydrogen-bond donors (Lipinski definition) is 0. The molecule has 0 bridgehead atoms. The van der Waals surface area contributed by atoms with Gasteiger partial charge in [0.1, 0.15) is 11.3 Å². The molecule has 2 aromatic rings. The second-order valence-corrected chi connectivity index (χ2v) is 5.75. The van der Waals surface area contributed by atoms with Gasteiger partial charge in [-0.2, -0.15) is 0 Å². The van der Waals surface area contributed by atoms with Crippen LogP contribution in [0.25, 0.3) is 0 Å². The molecule has 8 heteroatoms. The van der Waals surface area contributed by atoms with Crippen LogP contribution in [-0.4, -0.2) is 47.1 Å². The number of carbonyl (C=O) groups excluding carboxylic acids is 1. The molecule has 24 heavy (non-hydrogen) atoms. The molecular weight excluding hydrogens is 312 g/mol. The fourth-order valence-corrected chi connectivity index (χ4v) is 2.90. The fourth-order valence-electron chi connectivity index (χ4n) is 2.90. The molecule has 0 aliphatic carbocycles. The third-order valence-electron chi connectivity index (χ3n) is 4.24. The molecule has 0 N–H and O–H groups in total. The number of aromatic nitrogens is 1. The maximum Gasteiger partial charge on any atom is 0.269 e. The third kappa shape index (κ3) is 2.94. The highest BCUT2D eigenvalue weighted by Crippen LogP contribution is 2.22. The van der Waals surface area contributed by atoms with Crippen LogP contribution in [0.1, 0.15) is 21.8 Å². The molecule has 0 radical (unpaired) electrons. The van der Waals surface area contributed by atoms with E-state index < -0.39 is 4.92 Å². The largest absolute Gasteiger partial charge is 0.368 e. The zero-order chi connectivity index (χ0) is 17.3. The van der Waals surface area contributed by atoms with Gasteiger partial charge in [0.05, 0.1) is 10.6 Å². The topological polar surface area (TPSA) is 92.7 Å². The lowest BCUT2D eigenvalue weighted by Gasteiger charge is -2.36. The Bertz CT molecular complexity index is 741. The highest BCUT2D eigenvalue weighted by Gasteiger charge is 2.26. The molecule has 2 heterocycles. The SMILES string of the molecule is Cc1noc(C)c1C(=O)N1CCN(c2ccc([N+](=O)[O-])cc2)CC1. The number of amides is 1. The molecule has 0 atom stereocenters. The Morgan fingerprint density at radius 3 is 2.29 bits per heavy atom. The lowest BCUT2D eigenvalue weighted by Crippen LogP contribution is -2.49. The lowest BCUT2D eigenvalue weighted by atomic mass is 10.1. The summed E-state index contributed by atoms with van der Waals surface area (Å²) in [6, 6.07) is 6.47. The van der Waals surface area contributed by atoms with Gasteiger partial charge in [0.15, 0.2) is 0 Å². The minimum Gasteiger partial charge on any atom is -0.368 e. The molecule has 1 aliphatic rings. The molecule has 1 saturated heterocycles. The molecule has 1 fully saturated rings. The van der Waals surface area contributed by atoms with E-state index in [0.717, 1.165) is 5.69 Å². The summed E-state index contributed by atoms with van der Waals surface area (Å²) in [4.78, 5) is 26.8. The van der Waals surface area contributed by atoms with Crippen molar-refractivity contribution < 1.29 is 14.2 Å². The van der Waals surface area contributed by atoms with Crippen LogP contribution in [0.15, 0.2) is 28.8 Å². The van der Waals surface area contributed by atoms with Crippen molar-refractivity contribution in [1.29, 1.82) is 0 Å². The number of nitro groups is 1. The molecule has 0 spiro atoms. The smallest absolute Gasteiger partial charge is 0.269 e. The van der Waals surface area contributed by atoms with E-state index in [2.05, 4.69) is 10.1 Å². The molecule has 1 aromatic carbocycles. The third-order valence-corrected chi connectivity index (χ3v) is 4.24. The van der Waals surface area contributed by atoms with Gasteiger partial charge in [0.25, 0.3) is 11.6 Å². The van der Waals surface area contributed by atoms with Crippen LogP contribution < -0.4 is 4.90 Å². The summed E-state index contributed by atoms with van der Waals surface area (Å²) in [5.74, 6) is 0.477. The fraction of sp³-hybridized carbons (Fsp3) is 0.375. The highest BCUT2D eigenvalue weighted by molar-refractivity contribution is 5.96. The van der Waals surface area contributed by atoms with Gasteiger partial charge < -0.3 is 14.3 Å². The number of non-ortho nitro benzene ring substituents is 1. The zero-order valence-corrected chi connectivity index (χ0v) is 13.6. The van der Waals surface area contributed by atoms with Crippen molar-refractivity contribution in [1.82, 2.24) is 10.1 Å². The Balaban J connectivity index is 1.65. The van der Waals surface area contributed by atoms with Crippen LogP contribution >= 0.6 is 0 Å². The summed E-state index contributed by atoms with van der Waals surface area (Å²) in [5, 5.41) is 14.5. The molecular formula is C16H18N4O4. The predicted molar refractivity (Wildman–Crippen MR) is 87.2 cm³/mol. The van der Waals surface area contributed by atoms with E-state index in [9.17, 15) is 14.9 Å². The molecule has 1 aliphatic heterocycles. The van der Waals surface area contributed by atoms with Crippen LogP contribution in [0.5, 0.6) is 0 Å². The summed E-state index contributed by atoms with van der Waals surface area (Å²) >= 11 is 0. The van der Waals surface area contributed by atoms with E-state index in [4.69, 9.17) is 4.52 Å².